The first-order valence-corrected chi connectivity index (χ1v) is 11.2. The lowest BCUT2D eigenvalue weighted by Crippen LogP contribution is -2.29. The Kier molecular flexibility index (Phi) is 6.57. The largest absolute Gasteiger partial charge is 0.497 e. The summed E-state index contributed by atoms with van der Waals surface area (Å²) in [6.45, 7) is 1.93. The van der Waals surface area contributed by atoms with Crippen LogP contribution in [-0.4, -0.2) is 35.5 Å². The number of sulfonamides is 1. The zero-order valence-corrected chi connectivity index (χ0v) is 19.2. The van der Waals surface area contributed by atoms with Crippen molar-refractivity contribution in [3.8, 4) is 5.75 Å². The van der Waals surface area contributed by atoms with Gasteiger partial charge in [-0.2, -0.15) is 0 Å². The Morgan fingerprint density at radius 3 is 2.23 bits per heavy atom. The summed E-state index contributed by atoms with van der Waals surface area (Å²) in [7, 11) is 0.693. The van der Waals surface area contributed by atoms with Crippen LogP contribution in [0.1, 0.15) is 15.9 Å². The first kappa shape index (κ1) is 22.7. The molecule has 0 unspecified atom stereocenters. The minimum Gasteiger partial charge on any atom is -0.497 e. The van der Waals surface area contributed by atoms with Gasteiger partial charge in [0, 0.05) is 19.8 Å². The summed E-state index contributed by atoms with van der Waals surface area (Å²) in [6, 6.07) is 18.2. The topological polar surface area (TPSA) is 66.9 Å². The summed E-state index contributed by atoms with van der Waals surface area (Å²) in [5, 5.41) is 0.176. The maximum absolute atomic E-state index is 13.2. The molecule has 0 aliphatic heterocycles. The smallest absolute Gasteiger partial charge is 0.264 e. The Morgan fingerprint density at radius 2 is 1.61 bits per heavy atom. The van der Waals surface area contributed by atoms with E-state index in [4.69, 9.17) is 16.3 Å². The highest BCUT2D eigenvalue weighted by Crippen LogP contribution is 2.28. The fraction of sp³-hybridized carbons (Fsp3) is 0.174. The Morgan fingerprint density at radius 1 is 0.935 bits per heavy atom. The highest BCUT2D eigenvalue weighted by Gasteiger charge is 2.25. The Hall–Kier alpha value is -3.03. The molecule has 31 heavy (non-hydrogen) atoms. The minimum atomic E-state index is -3.92. The van der Waals surface area contributed by atoms with E-state index in [0.29, 0.717) is 17.1 Å². The van der Waals surface area contributed by atoms with Crippen molar-refractivity contribution < 1.29 is 17.9 Å². The number of aryl methyl sites for hydroxylation is 1. The van der Waals surface area contributed by atoms with E-state index in [-0.39, 0.29) is 15.5 Å². The van der Waals surface area contributed by atoms with Gasteiger partial charge in [0.15, 0.2) is 0 Å². The van der Waals surface area contributed by atoms with Crippen LogP contribution >= 0.6 is 11.6 Å². The molecular formula is C23H23ClN2O4S. The van der Waals surface area contributed by atoms with Crippen LogP contribution in [0.15, 0.2) is 71.6 Å². The van der Waals surface area contributed by atoms with Crippen LogP contribution < -0.4 is 13.9 Å². The van der Waals surface area contributed by atoms with Crippen molar-refractivity contribution in [3.05, 3.63) is 82.9 Å². The molecule has 8 heteroatoms. The van der Waals surface area contributed by atoms with Gasteiger partial charge in [-0.25, -0.2) is 8.42 Å². The second kappa shape index (κ2) is 8.99. The maximum Gasteiger partial charge on any atom is 0.264 e. The Bertz CT molecular complexity index is 1210. The van der Waals surface area contributed by atoms with Gasteiger partial charge in [0.25, 0.3) is 15.9 Å². The number of hydrogen-bond donors (Lipinski definition) is 0. The lowest BCUT2D eigenvalue weighted by atomic mass is 10.1. The van der Waals surface area contributed by atoms with Gasteiger partial charge < -0.3 is 9.64 Å². The van der Waals surface area contributed by atoms with Crippen LogP contribution in [0.25, 0.3) is 0 Å². The number of anilines is 2. The van der Waals surface area contributed by atoms with E-state index in [1.54, 1.807) is 37.4 Å². The predicted octanol–water partition coefficient (Wildman–Crippen LogP) is 4.76. The quantitative estimate of drug-likeness (QED) is 0.534. The molecule has 0 atom stereocenters. The number of methoxy groups -OCH3 is 1. The molecule has 3 aromatic carbocycles. The molecule has 0 radical (unpaired) electrons. The molecule has 0 aliphatic rings. The summed E-state index contributed by atoms with van der Waals surface area (Å²) >= 11 is 6.26. The average molecular weight is 459 g/mol. The van der Waals surface area contributed by atoms with Crippen LogP contribution in [0.4, 0.5) is 11.4 Å². The zero-order chi connectivity index (χ0) is 22.8. The van der Waals surface area contributed by atoms with Crippen molar-refractivity contribution in [1.82, 2.24) is 0 Å². The highest BCUT2D eigenvalue weighted by atomic mass is 35.5. The summed E-state index contributed by atoms with van der Waals surface area (Å²) in [5.74, 6) is 0.216. The number of amides is 1. The molecule has 6 nitrogen and oxygen atoms in total. The van der Waals surface area contributed by atoms with Crippen LogP contribution in [-0.2, 0) is 10.0 Å². The zero-order valence-electron chi connectivity index (χ0n) is 17.7. The van der Waals surface area contributed by atoms with Crippen molar-refractivity contribution >= 4 is 38.9 Å². The number of rotatable bonds is 6. The third kappa shape index (κ3) is 4.68. The number of nitrogens with zero attached hydrogens (tertiary/aromatic N) is 2. The molecule has 0 aliphatic carbocycles. The van der Waals surface area contributed by atoms with Crippen LogP contribution in [0.5, 0.6) is 5.75 Å². The van der Waals surface area contributed by atoms with Gasteiger partial charge in [0.2, 0.25) is 0 Å². The monoisotopic (exact) mass is 458 g/mol. The number of ether oxygens (including phenoxy) is 1. The van der Waals surface area contributed by atoms with Gasteiger partial charge in [0.1, 0.15) is 5.75 Å². The van der Waals surface area contributed by atoms with Crippen LogP contribution in [0.2, 0.25) is 5.02 Å². The molecule has 0 saturated heterocycles. The molecule has 0 aromatic heterocycles. The molecule has 3 aromatic rings. The van der Waals surface area contributed by atoms with E-state index < -0.39 is 15.9 Å². The van der Waals surface area contributed by atoms with Gasteiger partial charge in [0.05, 0.1) is 28.3 Å². The molecule has 1 amide bonds. The van der Waals surface area contributed by atoms with Gasteiger partial charge in [-0.15, -0.1) is 0 Å². The van der Waals surface area contributed by atoms with Crippen LogP contribution in [0.3, 0.4) is 0 Å². The Balaban J connectivity index is 1.96. The summed E-state index contributed by atoms with van der Waals surface area (Å²) in [5.41, 5.74) is 2.25. The third-order valence-electron chi connectivity index (χ3n) is 4.96. The van der Waals surface area contributed by atoms with E-state index in [1.165, 1.54) is 37.3 Å². The first-order valence-electron chi connectivity index (χ1n) is 9.42. The lowest BCUT2D eigenvalue weighted by molar-refractivity contribution is 0.0993. The third-order valence-corrected chi connectivity index (χ3v) is 7.07. The van der Waals surface area contributed by atoms with Crippen molar-refractivity contribution in [1.29, 1.82) is 0 Å². The van der Waals surface area contributed by atoms with Crippen molar-refractivity contribution in [2.24, 2.45) is 0 Å². The number of benzene rings is 3. The molecule has 0 bridgehead atoms. The van der Waals surface area contributed by atoms with E-state index in [2.05, 4.69) is 0 Å². The van der Waals surface area contributed by atoms with Gasteiger partial charge in [-0.1, -0.05) is 23.7 Å². The molecule has 0 N–H and O–H groups in total. The van der Waals surface area contributed by atoms with Crippen LogP contribution in [0, 0.1) is 6.92 Å². The second-order valence-electron chi connectivity index (χ2n) is 7.02. The summed E-state index contributed by atoms with van der Waals surface area (Å²) in [6.07, 6.45) is 0. The summed E-state index contributed by atoms with van der Waals surface area (Å²) < 4.78 is 32.6. The first-order chi connectivity index (χ1) is 14.6. The van der Waals surface area contributed by atoms with Gasteiger partial charge in [-0.05, 0) is 67.1 Å². The molecule has 3 rings (SSSR count). The Labute approximate surface area is 187 Å². The fourth-order valence-corrected chi connectivity index (χ4v) is 4.47. The fourth-order valence-electron chi connectivity index (χ4n) is 3.05. The van der Waals surface area contributed by atoms with E-state index in [0.717, 1.165) is 9.87 Å². The van der Waals surface area contributed by atoms with E-state index >= 15 is 0 Å². The highest BCUT2D eigenvalue weighted by molar-refractivity contribution is 7.92. The number of halogens is 1. The minimum absolute atomic E-state index is 0.0313. The molecule has 0 fully saturated rings. The molecule has 0 saturated carbocycles. The second-order valence-corrected chi connectivity index (χ2v) is 9.39. The molecular weight excluding hydrogens is 436 g/mol. The number of hydrogen-bond acceptors (Lipinski definition) is 4. The maximum atomic E-state index is 13.2. The van der Waals surface area contributed by atoms with Gasteiger partial charge in [-0.3, -0.25) is 9.10 Å². The number of carbonyl (C=O) groups is 1. The lowest BCUT2D eigenvalue weighted by Gasteiger charge is -2.22. The standard InChI is InChI=1S/C23H23ClN2O4S/c1-16-6-5-7-18(14-16)25(2)23(27)21-15-20(12-13-22(21)24)31(28,29)26(3)17-8-10-19(30-4)11-9-17/h5-15H,1-4H3. The van der Waals surface area contributed by atoms with Crippen molar-refractivity contribution in [3.63, 3.8) is 0 Å². The van der Waals surface area contributed by atoms with E-state index in [9.17, 15) is 13.2 Å². The van der Waals surface area contributed by atoms with E-state index in [1.807, 2.05) is 25.1 Å². The molecule has 0 spiro atoms. The summed E-state index contributed by atoms with van der Waals surface area (Å²) in [4.78, 5) is 14.5. The van der Waals surface area contributed by atoms with Gasteiger partial charge >= 0.3 is 0 Å². The molecule has 162 valence electrons. The molecule has 0 heterocycles. The van der Waals surface area contributed by atoms with Crippen molar-refractivity contribution in [2.45, 2.75) is 11.8 Å². The normalized spacial score (nSPS) is 11.1. The number of carbonyl (C=O) groups excluding carboxylic acids is 1. The average Bonchev–Trinajstić information content (AvgIpc) is 2.77. The predicted molar refractivity (Wildman–Crippen MR) is 124 cm³/mol. The van der Waals surface area contributed by atoms with Crippen molar-refractivity contribution in [2.75, 3.05) is 30.4 Å². The SMILES string of the molecule is COc1ccc(N(C)S(=O)(=O)c2ccc(Cl)c(C(=O)N(C)c3cccc(C)c3)c2)cc1.